The van der Waals surface area contributed by atoms with Crippen LogP contribution in [0.25, 0.3) is 0 Å². The van der Waals surface area contributed by atoms with E-state index in [1.165, 1.54) is 11.3 Å². The van der Waals surface area contributed by atoms with E-state index in [1.54, 1.807) is 30.3 Å². The molecule has 6 nitrogen and oxygen atoms in total. The lowest BCUT2D eigenvalue weighted by molar-refractivity contribution is -0.146. The first-order valence-corrected chi connectivity index (χ1v) is 7.58. The summed E-state index contributed by atoms with van der Waals surface area (Å²) in [5, 5.41) is 7.75. The Labute approximate surface area is 140 Å². The molecular weight excluding hydrogens is 341 g/mol. The van der Waals surface area contributed by atoms with Gasteiger partial charge < -0.3 is 9.73 Å². The zero-order valence-corrected chi connectivity index (χ0v) is 13.0. The number of furan rings is 1. The molecule has 2 aliphatic heterocycles. The fourth-order valence-electron chi connectivity index (χ4n) is 2.61. The molecule has 3 heterocycles. The van der Waals surface area contributed by atoms with E-state index >= 15 is 0 Å². The van der Waals surface area contributed by atoms with Crippen LogP contribution in [0.4, 0.5) is 5.69 Å². The molecule has 0 spiro atoms. The van der Waals surface area contributed by atoms with Crippen LogP contribution in [0.15, 0.2) is 46.1 Å². The van der Waals surface area contributed by atoms with E-state index in [1.807, 2.05) is 0 Å². The number of nitrogens with zero attached hydrogens (tertiary/aromatic N) is 2. The number of carbonyl (C=O) groups excluding carboxylic acids is 2. The number of alkyl halides is 1. The largest absolute Gasteiger partial charge is 0.467 e. The SMILES string of the molecule is O=C1Nc2ccc(Cl)cc2C1=NN1C(=O)C(Cl)C1c1ccco1. The Morgan fingerprint density at radius 3 is 2.83 bits per heavy atom. The first-order chi connectivity index (χ1) is 11.1. The van der Waals surface area contributed by atoms with Gasteiger partial charge in [0, 0.05) is 10.6 Å². The highest BCUT2D eigenvalue weighted by atomic mass is 35.5. The highest BCUT2D eigenvalue weighted by molar-refractivity contribution is 6.54. The van der Waals surface area contributed by atoms with Gasteiger partial charge in [0.15, 0.2) is 5.71 Å². The van der Waals surface area contributed by atoms with Crippen molar-refractivity contribution in [2.45, 2.75) is 11.4 Å². The maximum atomic E-state index is 12.1. The summed E-state index contributed by atoms with van der Waals surface area (Å²) in [6.07, 6.45) is 1.49. The molecule has 4 rings (SSSR count). The summed E-state index contributed by atoms with van der Waals surface area (Å²) in [6, 6.07) is 7.84. The van der Waals surface area contributed by atoms with E-state index in [4.69, 9.17) is 27.6 Å². The van der Waals surface area contributed by atoms with Crippen LogP contribution in [0.5, 0.6) is 0 Å². The molecule has 1 saturated heterocycles. The molecule has 2 unspecified atom stereocenters. The summed E-state index contributed by atoms with van der Waals surface area (Å²) in [7, 11) is 0. The molecule has 23 heavy (non-hydrogen) atoms. The van der Waals surface area contributed by atoms with Gasteiger partial charge >= 0.3 is 0 Å². The van der Waals surface area contributed by atoms with Crippen molar-refractivity contribution in [3.8, 4) is 0 Å². The molecule has 0 radical (unpaired) electrons. The number of rotatable bonds is 2. The average molecular weight is 350 g/mol. The summed E-state index contributed by atoms with van der Waals surface area (Å²) >= 11 is 12.0. The molecule has 0 aliphatic carbocycles. The van der Waals surface area contributed by atoms with Crippen LogP contribution in [-0.4, -0.2) is 27.9 Å². The number of carbonyl (C=O) groups is 2. The molecule has 2 aromatic rings. The van der Waals surface area contributed by atoms with Crippen LogP contribution in [-0.2, 0) is 9.59 Å². The third-order valence-corrected chi connectivity index (χ3v) is 4.41. The van der Waals surface area contributed by atoms with Gasteiger partial charge in [0.2, 0.25) is 0 Å². The number of halogens is 2. The molecule has 2 amide bonds. The standard InChI is InChI=1S/C15H9Cl2N3O3/c16-7-3-4-9-8(6-7)12(14(21)18-9)19-20-13(11(17)15(20)22)10-2-1-5-23-10/h1-6,11,13H,(H,18,19,21). The Morgan fingerprint density at radius 2 is 2.09 bits per heavy atom. The predicted molar refractivity (Wildman–Crippen MR) is 84.6 cm³/mol. The summed E-state index contributed by atoms with van der Waals surface area (Å²) in [5.41, 5.74) is 1.27. The predicted octanol–water partition coefficient (Wildman–Crippen LogP) is 2.78. The van der Waals surface area contributed by atoms with Crippen LogP contribution in [0.1, 0.15) is 17.4 Å². The highest BCUT2D eigenvalue weighted by Crippen LogP contribution is 2.40. The number of β-lactam (4-membered cyclic amide) rings is 1. The number of amides is 2. The van der Waals surface area contributed by atoms with Crippen LogP contribution in [0.2, 0.25) is 5.02 Å². The summed E-state index contributed by atoms with van der Waals surface area (Å²) in [6.45, 7) is 0. The van der Waals surface area contributed by atoms with Gasteiger partial charge in [0.05, 0.1) is 12.0 Å². The maximum Gasteiger partial charge on any atom is 0.276 e. The molecule has 1 aromatic heterocycles. The van der Waals surface area contributed by atoms with Crippen molar-refractivity contribution in [2.24, 2.45) is 5.10 Å². The minimum atomic E-state index is -0.770. The van der Waals surface area contributed by atoms with E-state index in [-0.39, 0.29) is 11.6 Å². The van der Waals surface area contributed by atoms with Crippen LogP contribution in [0, 0.1) is 0 Å². The van der Waals surface area contributed by atoms with Gasteiger partial charge in [-0.25, -0.2) is 5.01 Å². The van der Waals surface area contributed by atoms with Crippen LogP contribution in [0.3, 0.4) is 0 Å². The fourth-order valence-corrected chi connectivity index (χ4v) is 3.11. The third-order valence-electron chi connectivity index (χ3n) is 3.74. The minimum absolute atomic E-state index is 0.121. The number of benzene rings is 1. The highest BCUT2D eigenvalue weighted by Gasteiger charge is 2.50. The van der Waals surface area contributed by atoms with Gasteiger partial charge in [0.25, 0.3) is 11.8 Å². The monoisotopic (exact) mass is 349 g/mol. The lowest BCUT2D eigenvalue weighted by Crippen LogP contribution is -2.53. The van der Waals surface area contributed by atoms with E-state index in [9.17, 15) is 9.59 Å². The molecular formula is C15H9Cl2N3O3. The topological polar surface area (TPSA) is 74.9 Å². The second-order valence-electron chi connectivity index (χ2n) is 5.14. The quantitative estimate of drug-likeness (QED) is 0.669. The summed E-state index contributed by atoms with van der Waals surface area (Å²) < 4.78 is 5.30. The first-order valence-electron chi connectivity index (χ1n) is 6.76. The number of hydrazone groups is 1. The van der Waals surface area contributed by atoms with E-state index in [0.29, 0.717) is 22.0 Å². The Hall–Kier alpha value is -2.31. The van der Waals surface area contributed by atoms with Crippen molar-refractivity contribution in [1.82, 2.24) is 5.01 Å². The molecule has 1 N–H and O–H groups in total. The van der Waals surface area contributed by atoms with Gasteiger partial charge in [-0.05, 0) is 30.3 Å². The molecule has 0 saturated carbocycles. The number of hydrogen-bond donors (Lipinski definition) is 1. The second-order valence-corrected chi connectivity index (χ2v) is 6.04. The van der Waals surface area contributed by atoms with Gasteiger partial charge in [-0.3, -0.25) is 9.59 Å². The summed E-state index contributed by atoms with van der Waals surface area (Å²) in [4.78, 5) is 24.1. The average Bonchev–Trinajstić information content (AvgIpc) is 3.15. The molecule has 1 fully saturated rings. The van der Waals surface area contributed by atoms with Gasteiger partial charge in [-0.1, -0.05) is 11.6 Å². The lowest BCUT2D eigenvalue weighted by Gasteiger charge is -2.39. The zero-order chi connectivity index (χ0) is 16.1. The van der Waals surface area contributed by atoms with Crippen molar-refractivity contribution in [2.75, 3.05) is 5.32 Å². The van der Waals surface area contributed by atoms with Gasteiger partial charge in [0.1, 0.15) is 17.2 Å². The number of fused-ring (bicyclic) bond motifs is 1. The first kappa shape index (κ1) is 14.3. The Balaban J connectivity index is 1.74. The number of nitrogens with one attached hydrogen (secondary N) is 1. The maximum absolute atomic E-state index is 12.1. The molecule has 2 atom stereocenters. The zero-order valence-electron chi connectivity index (χ0n) is 11.5. The van der Waals surface area contributed by atoms with Crippen molar-refractivity contribution < 1.29 is 14.0 Å². The lowest BCUT2D eigenvalue weighted by atomic mass is 10.0. The molecule has 2 aliphatic rings. The molecule has 1 aromatic carbocycles. The fraction of sp³-hybridized carbons (Fsp3) is 0.133. The Kier molecular flexibility index (Phi) is 3.18. The van der Waals surface area contributed by atoms with Crippen LogP contribution < -0.4 is 5.32 Å². The number of anilines is 1. The van der Waals surface area contributed by atoms with Crippen molar-refractivity contribution in [3.63, 3.8) is 0 Å². The van der Waals surface area contributed by atoms with E-state index < -0.39 is 17.3 Å². The van der Waals surface area contributed by atoms with Crippen LogP contribution >= 0.6 is 23.2 Å². The summed E-state index contributed by atoms with van der Waals surface area (Å²) in [5.74, 6) is -0.270. The molecule has 8 heteroatoms. The van der Waals surface area contributed by atoms with Gasteiger partial charge in [-0.2, -0.15) is 5.10 Å². The van der Waals surface area contributed by atoms with E-state index in [2.05, 4.69) is 10.4 Å². The smallest absolute Gasteiger partial charge is 0.276 e. The number of hydrogen-bond acceptors (Lipinski definition) is 4. The van der Waals surface area contributed by atoms with E-state index in [0.717, 1.165) is 0 Å². The normalized spacial score (nSPS) is 24.6. The van der Waals surface area contributed by atoms with Crippen molar-refractivity contribution >= 4 is 46.4 Å². The molecule has 116 valence electrons. The third kappa shape index (κ3) is 2.14. The molecule has 0 bridgehead atoms. The Bertz CT molecular complexity index is 848. The van der Waals surface area contributed by atoms with Crippen molar-refractivity contribution in [1.29, 1.82) is 0 Å². The van der Waals surface area contributed by atoms with Crippen molar-refractivity contribution in [3.05, 3.63) is 52.9 Å². The minimum Gasteiger partial charge on any atom is -0.467 e. The Morgan fingerprint density at radius 1 is 1.26 bits per heavy atom. The second kappa shape index (κ2) is 5.11. The van der Waals surface area contributed by atoms with Gasteiger partial charge in [-0.15, -0.1) is 11.6 Å².